The zero-order valence-corrected chi connectivity index (χ0v) is 15.3. The van der Waals surface area contributed by atoms with E-state index in [0.29, 0.717) is 5.92 Å². The number of carbonyl (C=O) groups excluding carboxylic acids is 1. The molecule has 2 bridgehead atoms. The van der Waals surface area contributed by atoms with E-state index in [1.807, 2.05) is 0 Å². The molecule has 2 aliphatic carbocycles. The van der Waals surface area contributed by atoms with Crippen molar-refractivity contribution >= 4 is 5.91 Å². The summed E-state index contributed by atoms with van der Waals surface area (Å²) >= 11 is 0. The van der Waals surface area contributed by atoms with E-state index in [0.717, 1.165) is 38.9 Å². The van der Waals surface area contributed by atoms with E-state index in [1.165, 1.54) is 12.0 Å². The second kappa shape index (κ2) is 6.18. The van der Waals surface area contributed by atoms with Gasteiger partial charge < -0.3 is 10.5 Å². The number of amides is 1. The van der Waals surface area contributed by atoms with Gasteiger partial charge in [0.1, 0.15) is 0 Å². The summed E-state index contributed by atoms with van der Waals surface area (Å²) in [5.74, 6) is 0.400. The molecule has 0 radical (unpaired) electrons. The standard InChI is InChI=1S/C21H31NO2/c1-4-24-15-19(2)10-16-11-20(3,18(22)23)14-21(12-16,13-19)17-8-6-5-7-9-17/h5-9,16H,4,10-15H2,1-3H3,(H2,22,23). The van der Waals surface area contributed by atoms with Crippen LogP contribution in [0.1, 0.15) is 58.4 Å². The molecule has 4 unspecified atom stereocenters. The highest BCUT2D eigenvalue weighted by atomic mass is 16.5. The van der Waals surface area contributed by atoms with Gasteiger partial charge in [-0.3, -0.25) is 4.79 Å². The molecule has 1 amide bonds. The van der Waals surface area contributed by atoms with Crippen LogP contribution < -0.4 is 5.73 Å². The van der Waals surface area contributed by atoms with Crippen molar-refractivity contribution in [2.45, 2.75) is 58.3 Å². The minimum atomic E-state index is -0.397. The molecule has 132 valence electrons. The third kappa shape index (κ3) is 3.11. The Morgan fingerprint density at radius 1 is 1.17 bits per heavy atom. The van der Waals surface area contributed by atoms with Crippen LogP contribution in [0.15, 0.2) is 30.3 Å². The summed E-state index contributed by atoms with van der Waals surface area (Å²) in [5.41, 5.74) is 7.01. The van der Waals surface area contributed by atoms with Crippen molar-refractivity contribution in [3.8, 4) is 0 Å². The molecule has 3 rings (SSSR count). The maximum atomic E-state index is 12.2. The first kappa shape index (κ1) is 17.5. The second-order valence-electron chi connectivity index (χ2n) is 8.85. The van der Waals surface area contributed by atoms with E-state index in [1.54, 1.807) is 0 Å². The Kier molecular flexibility index (Phi) is 4.50. The molecule has 3 heteroatoms. The molecule has 2 aliphatic rings. The molecule has 3 nitrogen and oxygen atoms in total. The van der Waals surface area contributed by atoms with Crippen LogP contribution in [0.2, 0.25) is 0 Å². The highest BCUT2D eigenvalue weighted by molar-refractivity contribution is 5.80. The summed E-state index contributed by atoms with van der Waals surface area (Å²) < 4.78 is 5.83. The molecule has 2 saturated carbocycles. The minimum Gasteiger partial charge on any atom is -0.381 e. The Morgan fingerprint density at radius 3 is 2.50 bits per heavy atom. The van der Waals surface area contributed by atoms with Crippen LogP contribution in [0, 0.1) is 16.7 Å². The van der Waals surface area contributed by atoms with Crippen molar-refractivity contribution in [3.63, 3.8) is 0 Å². The van der Waals surface area contributed by atoms with E-state index in [-0.39, 0.29) is 16.7 Å². The lowest BCUT2D eigenvalue weighted by molar-refractivity contribution is -0.135. The van der Waals surface area contributed by atoms with Gasteiger partial charge in [0.15, 0.2) is 0 Å². The number of hydrogen-bond acceptors (Lipinski definition) is 2. The van der Waals surface area contributed by atoms with Crippen LogP contribution in [-0.2, 0) is 14.9 Å². The lowest BCUT2D eigenvalue weighted by Crippen LogP contribution is -2.54. The van der Waals surface area contributed by atoms with E-state index < -0.39 is 5.41 Å². The molecule has 24 heavy (non-hydrogen) atoms. The lowest BCUT2D eigenvalue weighted by Gasteiger charge is -2.57. The summed E-state index contributed by atoms with van der Waals surface area (Å²) in [7, 11) is 0. The Labute approximate surface area is 146 Å². The Hall–Kier alpha value is -1.35. The van der Waals surface area contributed by atoms with Gasteiger partial charge in [0.05, 0.1) is 6.61 Å². The predicted molar refractivity (Wildman–Crippen MR) is 96.6 cm³/mol. The van der Waals surface area contributed by atoms with Crippen molar-refractivity contribution in [2.24, 2.45) is 22.5 Å². The Balaban J connectivity index is 2.00. The van der Waals surface area contributed by atoms with E-state index in [2.05, 4.69) is 51.1 Å². The lowest BCUT2D eigenvalue weighted by atomic mass is 9.47. The number of carbonyl (C=O) groups is 1. The first-order chi connectivity index (χ1) is 11.3. The number of nitrogens with two attached hydrogens (primary N) is 1. The molecule has 1 aromatic carbocycles. The summed E-state index contributed by atoms with van der Waals surface area (Å²) in [6.45, 7) is 8.06. The van der Waals surface area contributed by atoms with Gasteiger partial charge in [-0.15, -0.1) is 0 Å². The van der Waals surface area contributed by atoms with Crippen molar-refractivity contribution in [3.05, 3.63) is 35.9 Å². The number of primary amides is 1. The minimum absolute atomic E-state index is 0.0397. The quantitative estimate of drug-likeness (QED) is 0.886. The summed E-state index contributed by atoms with van der Waals surface area (Å²) in [6, 6.07) is 10.8. The number of rotatable bonds is 5. The highest BCUT2D eigenvalue weighted by Crippen LogP contribution is 2.61. The second-order valence-corrected chi connectivity index (χ2v) is 8.85. The van der Waals surface area contributed by atoms with Crippen molar-refractivity contribution < 1.29 is 9.53 Å². The molecule has 2 N–H and O–H groups in total. The van der Waals surface area contributed by atoms with Crippen LogP contribution in [0.4, 0.5) is 0 Å². The number of fused-ring (bicyclic) bond motifs is 2. The number of hydrogen-bond donors (Lipinski definition) is 1. The molecular weight excluding hydrogens is 298 g/mol. The SMILES string of the molecule is CCOCC1(C)CC2CC(C)(C(N)=O)CC(c3ccccc3)(C2)C1. The maximum absolute atomic E-state index is 12.2. The van der Waals surface area contributed by atoms with Gasteiger partial charge in [-0.2, -0.15) is 0 Å². The van der Waals surface area contributed by atoms with Gasteiger partial charge in [-0.1, -0.05) is 44.2 Å². The highest BCUT2D eigenvalue weighted by Gasteiger charge is 2.56. The van der Waals surface area contributed by atoms with Crippen LogP contribution in [0.5, 0.6) is 0 Å². The monoisotopic (exact) mass is 329 g/mol. The Bertz CT molecular complexity index is 601. The Morgan fingerprint density at radius 2 is 1.88 bits per heavy atom. The van der Waals surface area contributed by atoms with Gasteiger partial charge in [0, 0.05) is 12.0 Å². The maximum Gasteiger partial charge on any atom is 0.223 e. The number of benzene rings is 1. The summed E-state index contributed by atoms with van der Waals surface area (Å²) in [6.07, 6.45) is 5.14. The fourth-order valence-electron chi connectivity index (χ4n) is 5.78. The molecule has 0 aliphatic heterocycles. The molecule has 0 saturated heterocycles. The average molecular weight is 329 g/mol. The van der Waals surface area contributed by atoms with Crippen molar-refractivity contribution in [1.29, 1.82) is 0 Å². The van der Waals surface area contributed by atoms with Crippen molar-refractivity contribution in [1.82, 2.24) is 0 Å². The summed E-state index contributed by atoms with van der Waals surface area (Å²) in [5, 5.41) is 0. The molecule has 0 aromatic heterocycles. The molecule has 1 aromatic rings. The molecule has 0 heterocycles. The average Bonchev–Trinajstić information content (AvgIpc) is 2.52. The van der Waals surface area contributed by atoms with Crippen LogP contribution in [0.3, 0.4) is 0 Å². The first-order valence-corrected chi connectivity index (χ1v) is 9.24. The molecule has 4 atom stereocenters. The first-order valence-electron chi connectivity index (χ1n) is 9.24. The van der Waals surface area contributed by atoms with Gasteiger partial charge in [-0.05, 0) is 61.3 Å². The topological polar surface area (TPSA) is 52.3 Å². The zero-order chi connectivity index (χ0) is 17.4. The third-order valence-corrected chi connectivity index (χ3v) is 6.33. The van der Waals surface area contributed by atoms with Crippen LogP contribution in [-0.4, -0.2) is 19.1 Å². The smallest absolute Gasteiger partial charge is 0.223 e. The molecule has 2 fully saturated rings. The fourth-order valence-corrected chi connectivity index (χ4v) is 5.78. The zero-order valence-electron chi connectivity index (χ0n) is 15.3. The third-order valence-electron chi connectivity index (χ3n) is 6.33. The van der Waals surface area contributed by atoms with Gasteiger partial charge in [0.2, 0.25) is 5.91 Å². The largest absolute Gasteiger partial charge is 0.381 e. The van der Waals surface area contributed by atoms with E-state index in [4.69, 9.17) is 10.5 Å². The predicted octanol–water partition coefficient (Wildman–Crippen LogP) is 4.05. The molecular formula is C21H31NO2. The van der Waals surface area contributed by atoms with Gasteiger partial charge >= 0.3 is 0 Å². The molecule has 0 spiro atoms. The van der Waals surface area contributed by atoms with Crippen molar-refractivity contribution in [2.75, 3.05) is 13.2 Å². The fraction of sp³-hybridized carbons (Fsp3) is 0.667. The normalized spacial score (nSPS) is 38.7. The van der Waals surface area contributed by atoms with Crippen LogP contribution in [0.25, 0.3) is 0 Å². The summed E-state index contributed by atoms with van der Waals surface area (Å²) in [4.78, 5) is 12.2. The van der Waals surface area contributed by atoms with E-state index >= 15 is 0 Å². The van der Waals surface area contributed by atoms with Gasteiger partial charge in [0.25, 0.3) is 0 Å². The van der Waals surface area contributed by atoms with E-state index in [9.17, 15) is 4.79 Å². The van der Waals surface area contributed by atoms with Crippen LogP contribution >= 0.6 is 0 Å². The number of ether oxygens (including phenoxy) is 1. The van der Waals surface area contributed by atoms with Gasteiger partial charge in [-0.25, -0.2) is 0 Å².